The van der Waals surface area contributed by atoms with Crippen molar-refractivity contribution in [2.45, 2.75) is 39.0 Å². The molecule has 0 unspecified atom stereocenters. The van der Waals surface area contributed by atoms with Crippen LogP contribution in [0.25, 0.3) is 0 Å². The average Bonchev–Trinajstić information content (AvgIpc) is 2.39. The molecule has 0 atom stereocenters. The zero-order chi connectivity index (χ0) is 13.6. The molecule has 20 heavy (non-hydrogen) atoms. The number of hydrogen-bond acceptors (Lipinski definition) is 1. The van der Waals surface area contributed by atoms with E-state index in [1.807, 2.05) is 6.07 Å². The molecule has 0 amide bonds. The highest BCUT2D eigenvalue weighted by Crippen LogP contribution is 2.43. The summed E-state index contributed by atoms with van der Waals surface area (Å²) in [7, 11) is 0. The minimum Gasteiger partial charge on any atom is -0.370 e. The van der Waals surface area contributed by atoms with Gasteiger partial charge in [0, 0.05) is 13.1 Å². The molecule has 2 rings (SSSR count). The minimum atomic E-state index is 0. The standard InChI is InChI=1S/C16H25N3.HI/c1-2-16(10-6-11-16)13-19-15(17)18-12-9-14-7-4-3-5-8-14;/h3-5,7-8H,2,6,9-13H2,1H3,(H3,17,18,19);1H. The van der Waals surface area contributed by atoms with Gasteiger partial charge in [0.25, 0.3) is 0 Å². The summed E-state index contributed by atoms with van der Waals surface area (Å²) in [4.78, 5) is 4.50. The lowest BCUT2D eigenvalue weighted by Gasteiger charge is -2.40. The maximum Gasteiger partial charge on any atom is 0.188 e. The van der Waals surface area contributed by atoms with Gasteiger partial charge in [-0.2, -0.15) is 0 Å². The van der Waals surface area contributed by atoms with Gasteiger partial charge in [-0.1, -0.05) is 43.7 Å². The molecule has 0 saturated heterocycles. The Balaban J connectivity index is 0.00000200. The van der Waals surface area contributed by atoms with Crippen molar-refractivity contribution in [1.82, 2.24) is 5.32 Å². The minimum absolute atomic E-state index is 0. The Labute approximate surface area is 139 Å². The maximum absolute atomic E-state index is 5.92. The van der Waals surface area contributed by atoms with E-state index in [-0.39, 0.29) is 24.0 Å². The lowest BCUT2D eigenvalue weighted by atomic mass is 9.67. The van der Waals surface area contributed by atoms with Gasteiger partial charge < -0.3 is 11.1 Å². The van der Waals surface area contributed by atoms with Gasteiger partial charge in [0.15, 0.2) is 5.96 Å². The van der Waals surface area contributed by atoms with Gasteiger partial charge in [0.2, 0.25) is 0 Å². The summed E-state index contributed by atoms with van der Waals surface area (Å²) in [6.07, 6.45) is 6.17. The Morgan fingerprint density at radius 3 is 2.55 bits per heavy atom. The Hall–Kier alpha value is -0.780. The molecule has 4 heteroatoms. The smallest absolute Gasteiger partial charge is 0.188 e. The second-order valence-corrected chi connectivity index (χ2v) is 5.57. The van der Waals surface area contributed by atoms with E-state index >= 15 is 0 Å². The predicted octanol–water partition coefficient (Wildman–Crippen LogP) is 3.33. The molecule has 0 aromatic heterocycles. The van der Waals surface area contributed by atoms with Crippen LogP contribution in [0.1, 0.15) is 38.2 Å². The molecule has 0 bridgehead atoms. The van der Waals surface area contributed by atoms with Gasteiger partial charge in [-0.3, -0.25) is 4.99 Å². The molecule has 112 valence electrons. The van der Waals surface area contributed by atoms with Crippen LogP contribution in [0.4, 0.5) is 0 Å². The van der Waals surface area contributed by atoms with Gasteiger partial charge in [0.05, 0.1) is 0 Å². The fourth-order valence-electron chi connectivity index (χ4n) is 2.59. The van der Waals surface area contributed by atoms with Gasteiger partial charge in [0.1, 0.15) is 0 Å². The number of rotatable bonds is 6. The molecule has 1 aliphatic carbocycles. The van der Waals surface area contributed by atoms with Crippen LogP contribution in [-0.4, -0.2) is 19.0 Å². The molecule has 1 fully saturated rings. The van der Waals surface area contributed by atoms with E-state index in [2.05, 4.69) is 41.5 Å². The Morgan fingerprint density at radius 1 is 1.30 bits per heavy atom. The molecule has 1 aliphatic rings. The molecule has 1 saturated carbocycles. The lowest BCUT2D eigenvalue weighted by molar-refractivity contribution is 0.139. The molecule has 0 aliphatic heterocycles. The highest BCUT2D eigenvalue weighted by molar-refractivity contribution is 14.0. The van der Waals surface area contributed by atoms with Crippen LogP contribution in [0.5, 0.6) is 0 Å². The molecule has 1 aromatic rings. The summed E-state index contributed by atoms with van der Waals surface area (Å²) in [5, 5.41) is 3.20. The highest BCUT2D eigenvalue weighted by Gasteiger charge is 2.34. The fraction of sp³-hybridized carbons (Fsp3) is 0.562. The number of nitrogens with two attached hydrogens (primary N) is 1. The molecule has 0 radical (unpaired) electrons. The number of nitrogens with zero attached hydrogens (tertiary/aromatic N) is 1. The number of halogens is 1. The van der Waals surface area contributed by atoms with Crippen molar-refractivity contribution in [2.75, 3.05) is 13.1 Å². The number of benzene rings is 1. The number of guanidine groups is 1. The van der Waals surface area contributed by atoms with E-state index in [4.69, 9.17) is 5.73 Å². The molecule has 0 heterocycles. The van der Waals surface area contributed by atoms with E-state index in [0.717, 1.165) is 19.5 Å². The first-order valence-electron chi connectivity index (χ1n) is 7.32. The third-order valence-electron chi connectivity index (χ3n) is 4.31. The highest BCUT2D eigenvalue weighted by atomic mass is 127. The summed E-state index contributed by atoms with van der Waals surface area (Å²) < 4.78 is 0. The Bertz CT molecular complexity index is 407. The van der Waals surface area contributed by atoms with Crippen molar-refractivity contribution in [2.24, 2.45) is 16.1 Å². The van der Waals surface area contributed by atoms with Gasteiger partial charge in [-0.15, -0.1) is 24.0 Å². The van der Waals surface area contributed by atoms with E-state index in [0.29, 0.717) is 11.4 Å². The number of aliphatic imine (C=N–C) groups is 1. The molecule has 0 spiro atoms. The third kappa shape index (κ3) is 4.96. The summed E-state index contributed by atoms with van der Waals surface area (Å²) in [6.45, 7) is 3.99. The lowest BCUT2D eigenvalue weighted by Crippen LogP contribution is -2.37. The molecular weight excluding hydrogens is 361 g/mol. The topological polar surface area (TPSA) is 50.4 Å². The number of nitrogens with one attached hydrogen (secondary N) is 1. The summed E-state index contributed by atoms with van der Waals surface area (Å²) in [5.74, 6) is 0.593. The van der Waals surface area contributed by atoms with Crippen molar-refractivity contribution in [3.63, 3.8) is 0 Å². The Kier molecular flexibility index (Phi) is 7.34. The van der Waals surface area contributed by atoms with Gasteiger partial charge >= 0.3 is 0 Å². The monoisotopic (exact) mass is 387 g/mol. The third-order valence-corrected chi connectivity index (χ3v) is 4.31. The zero-order valence-electron chi connectivity index (χ0n) is 12.3. The fourth-order valence-corrected chi connectivity index (χ4v) is 2.59. The van der Waals surface area contributed by atoms with Crippen LogP contribution in [0.2, 0.25) is 0 Å². The van der Waals surface area contributed by atoms with Crippen LogP contribution in [-0.2, 0) is 6.42 Å². The normalized spacial score (nSPS) is 16.9. The van der Waals surface area contributed by atoms with E-state index in [1.54, 1.807) is 0 Å². The van der Waals surface area contributed by atoms with Gasteiger partial charge in [-0.25, -0.2) is 0 Å². The predicted molar refractivity (Wildman–Crippen MR) is 96.6 cm³/mol. The van der Waals surface area contributed by atoms with Crippen LogP contribution in [0.15, 0.2) is 35.3 Å². The molecular formula is C16H26IN3. The quantitative estimate of drug-likeness (QED) is 0.447. The maximum atomic E-state index is 5.92. The van der Waals surface area contributed by atoms with Crippen LogP contribution < -0.4 is 11.1 Å². The first-order valence-corrected chi connectivity index (χ1v) is 7.32. The zero-order valence-corrected chi connectivity index (χ0v) is 14.6. The van der Waals surface area contributed by atoms with Crippen molar-refractivity contribution in [3.8, 4) is 0 Å². The van der Waals surface area contributed by atoms with Crippen LogP contribution in [0, 0.1) is 5.41 Å². The molecule has 3 N–H and O–H groups in total. The summed E-state index contributed by atoms with van der Waals surface area (Å²) in [6, 6.07) is 10.4. The van der Waals surface area contributed by atoms with E-state index < -0.39 is 0 Å². The van der Waals surface area contributed by atoms with Crippen molar-refractivity contribution in [1.29, 1.82) is 0 Å². The summed E-state index contributed by atoms with van der Waals surface area (Å²) in [5.41, 5.74) is 7.69. The van der Waals surface area contributed by atoms with E-state index in [9.17, 15) is 0 Å². The Morgan fingerprint density at radius 2 is 2.00 bits per heavy atom. The second kappa shape index (κ2) is 8.49. The largest absolute Gasteiger partial charge is 0.370 e. The first kappa shape index (κ1) is 17.3. The van der Waals surface area contributed by atoms with Crippen molar-refractivity contribution < 1.29 is 0 Å². The van der Waals surface area contributed by atoms with Gasteiger partial charge in [-0.05, 0) is 36.7 Å². The number of hydrogen-bond donors (Lipinski definition) is 2. The average molecular weight is 387 g/mol. The SMILES string of the molecule is CCC1(CN=C(N)NCCc2ccccc2)CCC1.I. The van der Waals surface area contributed by atoms with Crippen molar-refractivity contribution in [3.05, 3.63) is 35.9 Å². The molecule has 3 nitrogen and oxygen atoms in total. The first-order chi connectivity index (χ1) is 9.24. The summed E-state index contributed by atoms with van der Waals surface area (Å²) >= 11 is 0. The van der Waals surface area contributed by atoms with Crippen molar-refractivity contribution >= 4 is 29.9 Å². The molecule has 1 aromatic carbocycles. The second-order valence-electron chi connectivity index (χ2n) is 5.57. The van der Waals surface area contributed by atoms with Crippen LogP contribution >= 0.6 is 24.0 Å². The van der Waals surface area contributed by atoms with Crippen LogP contribution in [0.3, 0.4) is 0 Å². The van der Waals surface area contributed by atoms with E-state index in [1.165, 1.54) is 31.2 Å².